The molecule has 1 saturated carbocycles. The first kappa shape index (κ1) is 22.9. The highest BCUT2D eigenvalue weighted by Gasteiger charge is 2.32. The van der Waals surface area contributed by atoms with Crippen LogP contribution in [0.4, 0.5) is 11.4 Å². The van der Waals surface area contributed by atoms with Crippen molar-refractivity contribution >= 4 is 23.2 Å². The monoisotopic (exact) mass is 451 g/mol. The summed E-state index contributed by atoms with van der Waals surface area (Å²) in [6.45, 7) is 4.69. The first-order valence-corrected chi connectivity index (χ1v) is 11.3. The van der Waals surface area contributed by atoms with Crippen molar-refractivity contribution in [3.05, 3.63) is 69.8 Å². The van der Waals surface area contributed by atoms with Crippen LogP contribution in [0.15, 0.2) is 48.5 Å². The number of piperazine rings is 1. The van der Waals surface area contributed by atoms with E-state index in [9.17, 15) is 19.7 Å². The maximum atomic E-state index is 13.4. The Morgan fingerprint density at radius 2 is 1.79 bits per heavy atom. The summed E-state index contributed by atoms with van der Waals surface area (Å²) in [4.78, 5) is 40.7. The van der Waals surface area contributed by atoms with E-state index >= 15 is 0 Å². The quantitative estimate of drug-likeness (QED) is 0.472. The van der Waals surface area contributed by atoms with Crippen molar-refractivity contribution < 1.29 is 14.5 Å². The fraction of sp³-hybridized carbons (Fsp3) is 0.417. The number of carbonyl (C=O) groups excluding carboxylic acids is 2. The van der Waals surface area contributed by atoms with Gasteiger partial charge in [-0.05, 0) is 37.0 Å². The third-order valence-electron chi connectivity index (χ3n) is 6.05. The number of rotatable bonds is 8. The van der Waals surface area contributed by atoms with Gasteiger partial charge in [0.05, 0.1) is 11.5 Å². The average Bonchev–Trinajstić information content (AvgIpc) is 3.61. The van der Waals surface area contributed by atoms with Gasteiger partial charge in [0.1, 0.15) is 11.7 Å². The van der Waals surface area contributed by atoms with Crippen LogP contribution in [0.2, 0.25) is 0 Å². The molecule has 2 aliphatic rings. The zero-order chi connectivity index (χ0) is 23.4. The van der Waals surface area contributed by atoms with Gasteiger partial charge in [0, 0.05) is 38.3 Å². The Balaban J connectivity index is 1.47. The summed E-state index contributed by atoms with van der Waals surface area (Å²) < 4.78 is 0. The SMILES string of the molecule is Cc1ccc(NC(=O)C(c2ccccc2)N2CCN(CC(=O)NC3CC3)CC2)c([N+](=O)[O-])c1. The fourth-order valence-electron chi connectivity index (χ4n) is 4.15. The van der Waals surface area contributed by atoms with Crippen LogP contribution in [-0.2, 0) is 9.59 Å². The Morgan fingerprint density at radius 3 is 2.42 bits per heavy atom. The van der Waals surface area contributed by atoms with Crippen LogP contribution in [-0.4, -0.2) is 65.3 Å². The summed E-state index contributed by atoms with van der Waals surface area (Å²) in [5.74, 6) is -0.261. The van der Waals surface area contributed by atoms with Gasteiger partial charge in [-0.3, -0.25) is 29.5 Å². The Morgan fingerprint density at radius 1 is 1.09 bits per heavy atom. The van der Waals surface area contributed by atoms with E-state index in [1.807, 2.05) is 30.3 Å². The molecule has 0 bridgehead atoms. The van der Waals surface area contributed by atoms with E-state index in [2.05, 4.69) is 20.4 Å². The van der Waals surface area contributed by atoms with E-state index in [-0.39, 0.29) is 23.2 Å². The standard InChI is InChI=1S/C24H29N5O4/c1-17-7-10-20(21(15-17)29(32)33)26-24(31)23(18-5-3-2-4-6-18)28-13-11-27(12-14-28)16-22(30)25-19-8-9-19/h2-7,10,15,19,23H,8-9,11-14,16H2,1H3,(H,25,30)(H,26,31). The van der Waals surface area contributed by atoms with Crippen molar-refractivity contribution in [1.29, 1.82) is 0 Å². The summed E-state index contributed by atoms with van der Waals surface area (Å²) >= 11 is 0. The predicted octanol–water partition coefficient (Wildman–Crippen LogP) is 2.48. The molecule has 174 valence electrons. The number of benzene rings is 2. The van der Waals surface area contributed by atoms with E-state index < -0.39 is 11.0 Å². The second kappa shape index (κ2) is 10.1. The molecule has 0 radical (unpaired) electrons. The van der Waals surface area contributed by atoms with Crippen LogP contribution in [0.25, 0.3) is 0 Å². The van der Waals surface area contributed by atoms with Crippen LogP contribution in [0.3, 0.4) is 0 Å². The van der Waals surface area contributed by atoms with Gasteiger partial charge >= 0.3 is 0 Å². The molecular weight excluding hydrogens is 422 g/mol. The second-order valence-electron chi connectivity index (χ2n) is 8.73. The van der Waals surface area contributed by atoms with Crippen LogP contribution < -0.4 is 10.6 Å². The second-order valence-corrected chi connectivity index (χ2v) is 8.73. The molecule has 1 saturated heterocycles. The minimum Gasteiger partial charge on any atom is -0.352 e. The van der Waals surface area contributed by atoms with E-state index in [0.29, 0.717) is 38.8 Å². The van der Waals surface area contributed by atoms with Gasteiger partial charge in [-0.25, -0.2) is 0 Å². The third-order valence-corrected chi connectivity index (χ3v) is 6.05. The highest BCUT2D eigenvalue weighted by Crippen LogP contribution is 2.29. The molecule has 2 fully saturated rings. The summed E-state index contributed by atoms with van der Waals surface area (Å²) in [7, 11) is 0. The van der Waals surface area contributed by atoms with Gasteiger partial charge in [-0.2, -0.15) is 0 Å². The normalized spacial score (nSPS) is 17.8. The lowest BCUT2D eigenvalue weighted by Gasteiger charge is -2.38. The number of hydrogen-bond donors (Lipinski definition) is 2. The van der Waals surface area contributed by atoms with Gasteiger partial charge in [-0.15, -0.1) is 0 Å². The molecule has 2 aromatic carbocycles. The highest BCUT2D eigenvalue weighted by molar-refractivity contribution is 5.97. The minimum atomic E-state index is -0.588. The number of nitro groups is 1. The van der Waals surface area contributed by atoms with E-state index in [0.717, 1.165) is 24.0 Å². The van der Waals surface area contributed by atoms with Crippen molar-refractivity contribution in [1.82, 2.24) is 15.1 Å². The molecular formula is C24H29N5O4. The lowest BCUT2D eigenvalue weighted by atomic mass is 10.0. The third kappa shape index (κ3) is 5.94. The molecule has 33 heavy (non-hydrogen) atoms. The number of hydrogen-bond acceptors (Lipinski definition) is 6. The number of carbonyl (C=O) groups is 2. The van der Waals surface area contributed by atoms with Gasteiger partial charge in [0.15, 0.2) is 0 Å². The number of nitro benzene ring substituents is 1. The Labute approximate surface area is 192 Å². The number of anilines is 1. The molecule has 2 N–H and O–H groups in total. The van der Waals surface area contributed by atoms with Crippen molar-refractivity contribution in [3.8, 4) is 0 Å². The lowest BCUT2D eigenvalue weighted by molar-refractivity contribution is -0.384. The van der Waals surface area contributed by atoms with Crippen molar-refractivity contribution in [3.63, 3.8) is 0 Å². The molecule has 2 aromatic rings. The molecule has 2 amide bonds. The first-order valence-electron chi connectivity index (χ1n) is 11.3. The summed E-state index contributed by atoms with van der Waals surface area (Å²) in [5, 5.41) is 17.3. The molecule has 0 spiro atoms. The molecule has 9 nitrogen and oxygen atoms in total. The maximum absolute atomic E-state index is 13.4. The lowest BCUT2D eigenvalue weighted by Crippen LogP contribution is -2.52. The van der Waals surface area contributed by atoms with E-state index in [1.165, 1.54) is 6.07 Å². The fourth-order valence-corrected chi connectivity index (χ4v) is 4.15. The van der Waals surface area contributed by atoms with Gasteiger partial charge in [0.25, 0.3) is 5.69 Å². The Bertz CT molecular complexity index is 1020. The zero-order valence-electron chi connectivity index (χ0n) is 18.7. The van der Waals surface area contributed by atoms with Crippen molar-refractivity contribution in [2.45, 2.75) is 31.8 Å². The molecule has 0 aromatic heterocycles. The topological polar surface area (TPSA) is 108 Å². The van der Waals surface area contributed by atoms with Crippen molar-refractivity contribution in [2.24, 2.45) is 0 Å². The summed E-state index contributed by atoms with van der Waals surface area (Å²) in [6, 6.07) is 14.0. The highest BCUT2D eigenvalue weighted by atomic mass is 16.6. The Kier molecular flexibility index (Phi) is 7.00. The van der Waals surface area contributed by atoms with Gasteiger partial charge < -0.3 is 10.6 Å². The first-order chi connectivity index (χ1) is 15.9. The van der Waals surface area contributed by atoms with E-state index in [1.54, 1.807) is 19.1 Å². The largest absolute Gasteiger partial charge is 0.352 e. The molecule has 1 aliphatic carbocycles. The maximum Gasteiger partial charge on any atom is 0.293 e. The molecule has 1 atom stereocenters. The van der Waals surface area contributed by atoms with Crippen LogP contribution in [0.1, 0.15) is 30.0 Å². The Hall–Kier alpha value is -3.30. The molecule has 4 rings (SSSR count). The predicted molar refractivity (Wildman–Crippen MR) is 125 cm³/mol. The summed E-state index contributed by atoms with van der Waals surface area (Å²) in [5.41, 5.74) is 1.64. The molecule has 1 unspecified atom stereocenters. The van der Waals surface area contributed by atoms with Gasteiger partial charge in [-0.1, -0.05) is 36.4 Å². The average molecular weight is 452 g/mol. The zero-order valence-corrected chi connectivity index (χ0v) is 18.7. The van der Waals surface area contributed by atoms with Crippen LogP contribution >= 0.6 is 0 Å². The van der Waals surface area contributed by atoms with Gasteiger partial charge in [0.2, 0.25) is 11.8 Å². The summed E-state index contributed by atoms with van der Waals surface area (Å²) in [6.07, 6.45) is 2.12. The number of amides is 2. The van der Waals surface area contributed by atoms with Crippen LogP contribution in [0, 0.1) is 17.0 Å². The smallest absolute Gasteiger partial charge is 0.293 e. The molecule has 1 aliphatic heterocycles. The van der Waals surface area contributed by atoms with Crippen molar-refractivity contribution in [2.75, 3.05) is 38.0 Å². The number of nitrogens with one attached hydrogen (secondary N) is 2. The number of nitrogens with zero attached hydrogens (tertiary/aromatic N) is 3. The minimum absolute atomic E-state index is 0.0509. The van der Waals surface area contributed by atoms with Crippen LogP contribution in [0.5, 0.6) is 0 Å². The molecule has 9 heteroatoms. The molecule has 1 heterocycles. The van der Waals surface area contributed by atoms with E-state index in [4.69, 9.17) is 0 Å². The number of aryl methyl sites for hydroxylation is 1.